The van der Waals surface area contributed by atoms with Gasteiger partial charge in [-0.05, 0) is 116 Å². The number of allylic oxidation sites excluding steroid dienone is 22. The SMILES string of the molecule is CC/C=C\C/C=C\C/C=C\C/C=C\C/C=C\CCC(=O)OC(COC(=O)CCCCCCCC/C=C\C=C/CCCCC)COC(=O)CCCCCCCC/C=C\C/C=C\C/C=C\C/C=C\CC. The van der Waals surface area contributed by atoms with Gasteiger partial charge in [-0.15, -0.1) is 0 Å². The summed E-state index contributed by atoms with van der Waals surface area (Å²) in [5.41, 5.74) is 0. The molecule has 1 atom stereocenters. The quantitative estimate of drug-likeness (QED) is 0.0199. The monoisotopic (exact) mass is 939 g/mol. The second-order valence-corrected chi connectivity index (χ2v) is 17.4. The third-order valence-electron chi connectivity index (χ3n) is 10.9. The topological polar surface area (TPSA) is 78.9 Å². The molecule has 0 N–H and O–H groups in total. The first-order valence-corrected chi connectivity index (χ1v) is 27.2. The zero-order valence-corrected chi connectivity index (χ0v) is 43.6. The Morgan fingerprint density at radius 3 is 1.04 bits per heavy atom. The maximum absolute atomic E-state index is 12.8. The molecule has 68 heavy (non-hydrogen) atoms. The summed E-state index contributed by atoms with van der Waals surface area (Å²) in [4.78, 5) is 38.1. The van der Waals surface area contributed by atoms with Crippen molar-refractivity contribution in [3.05, 3.63) is 134 Å². The van der Waals surface area contributed by atoms with Crippen molar-refractivity contribution in [1.29, 1.82) is 0 Å². The molecule has 0 aromatic rings. The fourth-order valence-corrected chi connectivity index (χ4v) is 6.88. The Kier molecular flexibility index (Phi) is 51.5. The van der Waals surface area contributed by atoms with E-state index in [1.54, 1.807) is 0 Å². The van der Waals surface area contributed by atoms with E-state index in [-0.39, 0.29) is 31.6 Å². The van der Waals surface area contributed by atoms with E-state index in [4.69, 9.17) is 14.2 Å². The van der Waals surface area contributed by atoms with Gasteiger partial charge in [0.2, 0.25) is 0 Å². The summed E-state index contributed by atoms with van der Waals surface area (Å²) in [6.45, 7) is 6.28. The summed E-state index contributed by atoms with van der Waals surface area (Å²) < 4.78 is 16.7. The van der Waals surface area contributed by atoms with E-state index >= 15 is 0 Å². The molecule has 6 heteroatoms. The standard InChI is InChI=1S/C62H98O6/c1-4-7-10-13-16-19-22-25-28-30-31-32-35-37-40-43-46-49-52-55-61(64)67-58-59(57-66-60(63)54-51-48-45-42-39-36-33-27-24-21-18-15-12-9-6-3)68-62(65)56-53-50-47-44-41-38-34-29-26-23-20-17-14-11-8-5-2/h7-8,10-11,16-21,24-29,31-32,38,41,47,50,59H,4-6,9,12-15,22-23,30,33-37,39-40,42-46,48-49,51-58H2,1-3H3/b10-7-,11-8-,19-16-,20-17-,21-18-,27-24-,28-25-,29-26-,32-31-,41-38-,50-47-. The van der Waals surface area contributed by atoms with E-state index in [2.05, 4.69) is 142 Å². The van der Waals surface area contributed by atoms with Crippen LogP contribution >= 0.6 is 0 Å². The Morgan fingerprint density at radius 1 is 0.324 bits per heavy atom. The molecule has 0 aliphatic rings. The van der Waals surface area contributed by atoms with Gasteiger partial charge in [-0.1, -0.05) is 219 Å². The first-order chi connectivity index (χ1) is 33.5. The van der Waals surface area contributed by atoms with Crippen molar-refractivity contribution in [2.75, 3.05) is 13.2 Å². The van der Waals surface area contributed by atoms with Crippen molar-refractivity contribution in [2.24, 2.45) is 0 Å². The van der Waals surface area contributed by atoms with Gasteiger partial charge >= 0.3 is 17.9 Å². The number of hydrogen-bond donors (Lipinski definition) is 0. The molecule has 0 bridgehead atoms. The Hall–Kier alpha value is -4.45. The predicted molar refractivity (Wildman–Crippen MR) is 292 cm³/mol. The second-order valence-electron chi connectivity index (χ2n) is 17.4. The molecule has 0 amide bonds. The van der Waals surface area contributed by atoms with Crippen molar-refractivity contribution in [3.8, 4) is 0 Å². The maximum Gasteiger partial charge on any atom is 0.306 e. The number of ether oxygens (including phenoxy) is 3. The molecule has 0 heterocycles. The van der Waals surface area contributed by atoms with Crippen LogP contribution in [0.5, 0.6) is 0 Å². The lowest BCUT2D eigenvalue weighted by molar-refractivity contribution is -0.166. The van der Waals surface area contributed by atoms with Crippen molar-refractivity contribution in [3.63, 3.8) is 0 Å². The van der Waals surface area contributed by atoms with E-state index in [0.29, 0.717) is 19.3 Å². The third-order valence-corrected chi connectivity index (χ3v) is 10.9. The Bertz CT molecular complexity index is 1500. The van der Waals surface area contributed by atoms with Gasteiger partial charge in [0.25, 0.3) is 0 Å². The molecule has 0 aromatic heterocycles. The maximum atomic E-state index is 12.8. The van der Waals surface area contributed by atoms with E-state index < -0.39 is 12.1 Å². The summed E-state index contributed by atoms with van der Waals surface area (Å²) >= 11 is 0. The fraction of sp³-hybridized carbons (Fsp3) is 0.597. The van der Waals surface area contributed by atoms with Gasteiger partial charge in [-0.25, -0.2) is 0 Å². The highest BCUT2D eigenvalue weighted by Gasteiger charge is 2.19. The van der Waals surface area contributed by atoms with Gasteiger partial charge in [0.1, 0.15) is 13.2 Å². The highest BCUT2D eigenvalue weighted by molar-refractivity contribution is 5.71. The first-order valence-electron chi connectivity index (χ1n) is 27.2. The minimum Gasteiger partial charge on any atom is -0.462 e. The minimum absolute atomic E-state index is 0.123. The van der Waals surface area contributed by atoms with Crippen LogP contribution in [0.1, 0.15) is 220 Å². The lowest BCUT2D eigenvalue weighted by atomic mass is 10.1. The van der Waals surface area contributed by atoms with Crippen molar-refractivity contribution in [2.45, 2.75) is 226 Å². The van der Waals surface area contributed by atoms with E-state index in [0.717, 1.165) is 128 Å². The molecule has 382 valence electrons. The van der Waals surface area contributed by atoms with Gasteiger partial charge in [0, 0.05) is 19.3 Å². The molecule has 0 aliphatic heterocycles. The highest BCUT2D eigenvalue weighted by atomic mass is 16.6. The summed E-state index contributed by atoms with van der Waals surface area (Å²) in [5, 5.41) is 0. The number of carbonyl (C=O) groups excluding carboxylic acids is 3. The number of esters is 3. The normalized spacial score (nSPS) is 13.2. The van der Waals surface area contributed by atoms with Gasteiger partial charge in [-0.2, -0.15) is 0 Å². The van der Waals surface area contributed by atoms with Crippen molar-refractivity contribution in [1.82, 2.24) is 0 Å². The van der Waals surface area contributed by atoms with Crippen LogP contribution in [-0.2, 0) is 28.6 Å². The van der Waals surface area contributed by atoms with Crippen molar-refractivity contribution < 1.29 is 28.6 Å². The zero-order chi connectivity index (χ0) is 49.3. The second kappa shape index (κ2) is 55.1. The van der Waals surface area contributed by atoms with Gasteiger partial charge in [0.15, 0.2) is 6.10 Å². The van der Waals surface area contributed by atoms with Crippen LogP contribution in [0.25, 0.3) is 0 Å². The zero-order valence-electron chi connectivity index (χ0n) is 43.6. The molecular formula is C62H98O6. The molecule has 0 aliphatic carbocycles. The predicted octanol–water partition coefficient (Wildman–Crippen LogP) is 18.3. The van der Waals surface area contributed by atoms with E-state index in [1.165, 1.54) is 44.9 Å². The number of carbonyl (C=O) groups is 3. The van der Waals surface area contributed by atoms with E-state index in [9.17, 15) is 14.4 Å². The summed E-state index contributed by atoms with van der Waals surface area (Å²) in [6.07, 6.45) is 77.3. The van der Waals surface area contributed by atoms with Gasteiger partial charge in [-0.3, -0.25) is 14.4 Å². The summed E-state index contributed by atoms with van der Waals surface area (Å²) in [5.74, 6) is -1.04. The average Bonchev–Trinajstić information content (AvgIpc) is 3.34. The van der Waals surface area contributed by atoms with Crippen molar-refractivity contribution >= 4 is 17.9 Å². The molecule has 1 unspecified atom stereocenters. The molecule has 0 fully saturated rings. The first kappa shape index (κ1) is 63.5. The lowest BCUT2D eigenvalue weighted by Gasteiger charge is -2.18. The largest absolute Gasteiger partial charge is 0.462 e. The van der Waals surface area contributed by atoms with Crippen LogP contribution in [0.2, 0.25) is 0 Å². The Balaban J connectivity index is 4.55. The molecule has 0 saturated carbocycles. The minimum atomic E-state index is -0.834. The van der Waals surface area contributed by atoms with Gasteiger partial charge < -0.3 is 14.2 Å². The molecule has 0 radical (unpaired) electrons. The smallest absolute Gasteiger partial charge is 0.306 e. The lowest BCUT2D eigenvalue weighted by Crippen LogP contribution is -2.30. The van der Waals surface area contributed by atoms with Crippen LogP contribution in [-0.4, -0.2) is 37.2 Å². The summed E-state index contributed by atoms with van der Waals surface area (Å²) in [7, 11) is 0. The number of rotatable bonds is 47. The fourth-order valence-electron chi connectivity index (χ4n) is 6.88. The molecule has 0 rings (SSSR count). The molecule has 0 saturated heterocycles. The Morgan fingerprint density at radius 2 is 0.647 bits per heavy atom. The van der Waals surface area contributed by atoms with Gasteiger partial charge in [0.05, 0.1) is 0 Å². The van der Waals surface area contributed by atoms with E-state index in [1.807, 2.05) is 12.2 Å². The third kappa shape index (κ3) is 52.5. The summed E-state index contributed by atoms with van der Waals surface area (Å²) in [6, 6.07) is 0. The number of hydrogen-bond acceptors (Lipinski definition) is 6. The molecule has 6 nitrogen and oxygen atoms in total. The molecule has 0 aromatic carbocycles. The van der Waals surface area contributed by atoms with Crippen LogP contribution in [0, 0.1) is 0 Å². The van der Waals surface area contributed by atoms with Crippen LogP contribution in [0.15, 0.2) is 134 Å². The molecule has 0 spiro atoms. The van der Waals surface area contributed by atoms with Crippen LogP contribution < -0.4 is 0 Å². The Labute approximate surface area is 417 Å². The highest BCUT2D eigenvalue weighted by Crippen LogP contribution is 2.13. The average molecular weight is 939 g/mol. The molecular weight excluding hydrogens is 841 g/mol. The number of unbranched alkanes of at least 4 members (excludes halogenated alkanes) is 15. The van der Waals surface area contributed by atoms with Crippen LogP contribution in [0.4, 0.5) is 0 Å². The van der Waals surface area contributed by atoms with Crippen LogP contribution in [0.3, 0.4) is 0 Å².